The summed E-state index contributed by atoms with van der Waals surface area (Å²) in [5.74, 6) is 0.213. The lowest BCUT2D eigenvalue weighted by atomic mass is 10.0. The molecule has 4 nitrogen and oxygen atoms in total. The third-order valence-electron chi connectivity index (χ3n) is 3.81. The number of aryl methyl sites for hydroxylation is 1. The van der Waals surface area contributed by atoms with Crippen molar-refractivity contribution in [1.29, 1.82) is 5.26 Å². The Kier molecular flexibility index (Phi) is 4.49. The number of allylic oxidation sites excluding steroid dienone is 1. The number of hydrogen-bond acceptors (Lipinski definition) is 3. The second kappa shape index (κ2) is 6.90. The average molecular weight is 329 g/mol. The van der Waals surface area contributed by atoms with Gasteiger partial charge < -0.3 is 9.52 Å². The predicted molar refractivity (Wildman–Crippen MR) is 95.8 cm³/mol. The molecule has 0 amide bonds. The normalized spacial score (nSPS) is 11.1. The number of hydrogen-bond donors (Lipinski definition) is 1. The van der Waals surface area contributed by atoms with E-state index in [0.29, 0.717) is 17.1 Å². The Morgan fingerprint density at radius 1 is 1.00 bits per heavy atom. The summed E-state index contributed by atoms with van der Waals surface area (Å²) in [4.78, 5) is 10.9. The number of nitriles is 1. The SMILES string of the molecule is Cc1ccc(/C(C#N)=C\c2ccc(-c3ccc(C(=O)O)cc3)o2)cc1. The highest BCUT2D eigenvalue weighted by Gasteiger charge is 2.08. The van der Waals surface area contributed by atoms with E-state index in [0.717, 1.165) is 16.7 Å². The van der Waals surface area contributed by atoms with E-state index in [-0.39, 0.29) is 5.56 Å². The van der Waals surface area contributed by atoms with Gasteiger partial charge >= 0.3 is 5.97 Å². The summed E-state index contributed by atoms with van der Waals surface area (Å²) in [5, 5.41) is 18.3. The number of carbonyl (C=O) groups is 1. The smallest absolute Gasteiger partial charge is 0.335 e. The van der Waals surface area contributed by atoms with Crippen LogP contribution in [0.25, 0.3) is 23.0 Å². The van der Waals surface area contributed by atoms with Crippen LogP contribution in [0.2, 0.25) is 0 Å². The average Bonchev–Trinajstić information content (AvgIpc) is 3.09. The zero-order valence-corrected chi connectivity index (χ0v) is 13.6. The van der Waals surface area contributed by atoms with Gasteiger partial charge in [-0.15, -0.1) is 0 Å². The van der Waals surface area contributed by atoms with Gasteiger partial charge in [-0.05, 0) is 42.8 Å². The first kappa shape index (κ1) is 16.3. The molecule has 0 aliphatic rings. The number of benzene rings is 2. The molecule has 3 aromatic rings. The number of aromatic carboxylic acids is 1. The summed E-state index contributed by atoms with van der Waals surface area (Å²) in [5.41, 5.74) is 3.48. The van der Waals surface area contributed by atoms with Gasteiger partial charge in [-0.3, -0.25) is 0 Å². The fraction of sp³-hybridized carbons (Fsp3) is 0.0476. The van der Waals surface area contributed by atoms with Crippen molar-refractivity contribution < 1.29 is 14.3 Å². The van der Waals surface area contributed by atoms with Crippen molar-refractivity contribution in [2.24, 2.45) is 0 Å². The lowest BCUT2D eigenvalue weighted by molar-refractivity contribution is 0.0697. The van der Waals surface area contributed by atoms with Gasteiger partial charge in [0, 0.05) is 5.56 Å². The van der Waals surface area contributed by atoms with Crippen molar-refractivity contribution in [3.63, 3.8) is 0 Å². The molecule has 0 bridgehead atoms. The van der Waals surface area contributed by atoms with Crippen LogP contribution in [0.3, 0.4) is 0 Å². The molecule has 4 heteroatoms. The number of carboxylic acids is 1. The number of carboxylic acid groups (broad SMARTS) is 1. The molecule has 0 atom stereocenters. The third-order valence-corrected chi connectivity index (χ3v) is 3.81. The van der Waals surface area contributed by atoms with Gasteiger partial charge in [0.2, 0.25) is 0 Å². The third kappa shape index (κ3) is 3.67. The number of nitrogens with zero attached hydrogens (tertiary/aromatic N) is 1. The molecule has 0 unspecified atom stereocenters. The largest absolute Gasteiger partial charge is 0.478 e. The maximum atomic E-state index is 10.9. The van der Waals surface area contributed by atoms with Gasteiger partial charge in [-0.25, -0.2) is 4.79 Å². The molecule has 0 saturated carbocycles. The molecule has 0 fully saturated rings. The van der Waals surface area contributed by atoms with Gasteiger partial charge in [-0.2, -0.15) is 5.26 Å². The highest BCUT2D eigenvalue weighted by atomic mass is 16.4. The van der Waals surface area contributed by atoms with Crippen molar-refractivity contribution in [3.05, 3.63) is 83.1 Å². The van der Waals surface area contributed by atoms with E-state index in [4.69, 9.17) is 9.52 Å². The summed E-state index contributed by atoms with van der Waals surface area (Å²) in [7, 11) is 0. The Morgan fingerprint density at radius 3 is 2.24 bits per heavy atom. The van der Waals surface area contributed by atoms with Gasteiger partial charge in [0.15, 0.2) is 0 Å². The van der Waals surface area contributed by atoms with Gasteiger partial charge in [0.05, 0.1) is 17.2 Å². The summed E-state index contributed by atoms with van der Waals surface area (Å²) >= 11 is 0. The van der Waals surface area contributed by atoms with Crippen LogP contribution in [-0.4, -0.2) is 11.1 Å². The number of furan rings is 1. The fourth-order valence-electron chi connectivity index (χ4n) is 2.42. The highest BCUT2D eigenvalue weighted by molar-refractivity contribution is 5.89. The van der Waals surface area contributed by atoms with Crippen LogP contribution in [0, 0.1) is 18.3 Å². The molecular formula is C21H15NO3. The monoisotopic (exact) mass is 329 g/mol. The Bertz CT molecular complexity index is 971. The minimum absolute atomic E-state index is 0.224. The molecule has 25 heavy (non-hydrogen) atoms. The Morgan fingerprint density at radius 2 is 1.64 bits per heavy atom. The molecule has 0 aliphatic carbocycles. The van der Waals surface area contributed by atoms with Crippen molar-refractivity contribution in [2.45, 2.75) is 6.92 Å². The molecule has 1 heterocycles. The van der Waals surface area contributed by atoms with Crippen LogP contribution in [-0.2, 0) is 0 Å². The van der Waals surface area contributed by atoms with Crippen LogP contribution < -0.4 is 0 Å². The van der Waals surface area contributed by atoms with E-state index < -0.39 is 5.97 Å². The van der Waals surface area contributed by atoms with E-state index in [1.807, 2.05) is 31.2 Å². The number of rotatable bonds is 4. The van der Waals surface area contributed by atoms with Crippen LogP contribution in [0.1, 0.15) is 27.2 Å². The minimum atomic E-state index is -0.966. The van der Waals surface area contributed by atoms with Crippen LogP contribution in [0.15, 0.2) is 65.1 Å². The van der Waals surface area contributed by atoms with Crippen molar-refractivity contribution in [3.8, 4) is 17.4 Å². The summed E-state index contributed by atoms with van der Waals surface area (Å²) < 4.78 is 5.77. The summed E-state index contributed by atoms with van der Waals surface area (Å²) in [6, 6.07) is 19.9. The molecular weight excluding hydrogens is 314 g/mol. The zero-order chi connectivity index (χ0) is 17.8. The van der Waals surface area contributed by atoms with Gasteiger partial charge in [0.1, 0.15) is 11.5 Å². The summed E-state index contributed by atoms with van der Waals surface area (Å²) in [6.45, 7) is 1.99. The minimum Gasteiger partial charge on any atom is -0.478 e. The quantitative estimate of drug-likeness (QED) is 0.682. The fourth-order valence-corrected chi connectivity index (χ4v) is 2.42. The molecule has 122 valence electrons. The summed E-state index contributed by atoms with van der Waals surface area (Å²) in [6.07, 6.45) is 1.69. The lowest BCUT2D eigenvalue weighted by Gasteiger charge is -2.00. The van der Waals surface area contributed by atoms with Crippen molar-refractivity contribution >= 4 is 17.6 Å². The predicted octanol–water partition coefficient (Wildman–Crippen LogP) is 5.02. The molecule has 0 saturated heterocycles. The van der Waals surface area contributed by atoms with Crippen molar-refractivity contribution in [1.82, 2.24) is 0 Å². The maximum absolute atomic E-state index is 10.9. The molecule has 2 aromatic carbocycles. The second-order valence-corrected chi connectivity index (χ2v) is 5.62. The van der Waals surface area contributed by atoms with Crippen LogP contribution in [0.4, 0.5) is 0 Å². The Balaban J connectivity index is 1.88. The standard InChI is InChI=1S/C21H15NO3/c1-14-2-4-15(5-3-14)18(13-22)12-19-10-11-20(25-19)16-6-8-17(9-7-16)21(23)24/h2-12H,1H3,(H,23,24)/b18-12-. The van der Waals surface area contributed by atoms with Crippen LogP contribution in [0.5, 0.6) is 0 Å². The first-order valence-electron chi connectivity index (χ1n) is 7.69. The van der Waals surface area contributed by atoms with E-state index in [2.05, 4.69) is 6.07 Å². The molecule has 0 spiro atoms. The van der Waals surface area contributed by atoms with Gasteiger partial charge in [0.25, 0.3) is 0 Å². The van der Waals surface area contributed by atoms with E-state index in [1.165, 1.54) is 12.1 Å². The molecule has 0 radical (unpaired) electrons. The Labute approximate surface area is 145 Å². The van der Waals surface area contributed by atoms with Gasteiger partial charge in [-0.1, -0.05) is 42.0 Å². The van der Waals surface area contributed by atoms with E-state index in [1.54, 1.807) is 30.3 Å². The molecule has 3 rings (SSSR count). The highest BCUT2D eigenvalue weighted by Crippen LogP contribution is 2.25. The van der Waals surface area contributed by atoms with Crippen molar-refractivity contribution in [2.75, 3.05) is 0 Å². The molecule has 1 aromatic heterocycles. The lowest BCUT2D eigenvalue weighted by Crippen LogP contribution is -1.94. The van der Waals surface area contributed by atoms with E-state index in [9.17, 15) is 10.1 Å². The van der Waals surface area contributed by atoms with E-state index >= 15 is 0 Å². The second-order valence-electron chi connectivity index (χ2n) is 5.62. The maximum Gasteiger partial charge on any atom is 0.335 e. The van der Waals surface area contributed by atoms with Crippen LogP contribution >= 0.6 is 0 Å². The first-order chi connectivity index (χ1) is 12.1. The Hall–Kier alpha value is -3.58. The topological polar surface area (TPSA) is 74.2 Å². The molecule has 1 N–H and O–H groups in total. The first-order valence-corrected chi connectivity index (χ1v) is 7.69. The molecule has 0 aliphatic heterocycles. The zero-order valence-electron chi connectivity index (χ0n) is 13.6.